The number of halogens is 2. The molecule has 0 saturated carbocycles. The maximum atomic E-state index is 13.6. The molecule has 9 heteroatoms. The van der Waals surface area contributed by atoms with Gasteiger partial charge in [-0.2, -0.15) is 0 Å². The van der Waals surface area contributed by atoms with Crippen LogP contribution in [-0.4, -0.2) is 71.9 Å². The molecule has 7 nitrogen and oxygen atoms in total. The molecule has 0 unspecified atom stereocenters. The Morgan fingerprint density at radius 3 is 2.03 bits per heavy atom. The van der Waals surface area contributed by atoms with Crippen molar-refractivity contribution in [2.45, 2.75) is 31.7 Å². The Bertz CT molecular complexity index is 1070. The van der Waals surface area contributed by atoms with Gasteiger partial charge in [-0.05, 0) is 54.8 Å². The van der Waals surface area contributed by atoms with Crippen molar-refractivity contribution in [3.8, 4) is 5.75 Å². The Balaban J connectivity index is 1.50. The summed E-state index contributed by atoms with van der Waals surface area (Å²) in [4.78, 5) is 42.8. The SMILES string of the molecule is CC(=O)N1CCC(C(=O)N2C[C@@H](N(C)C(=O)Oc3ccc(F)cc3)[C@H](c3ccc(F)cc3)C2)CC1. The van der Waals surface area contributed by atoms with Crippen LogP contribution < -0.4 is 4.74 Å². The van der Waals surface area contributed by atoms with Gasteiger partial charge in [0, 0.05) is 52.0 Å². The van der Waals surface area contributed by atoms with Crippen LogP contribution in [0.1, 0.15) is 31.2 Å². The van der Waals surface area contributed by atoms with E-state index >= 15 is 0 Å². The van der Waals surface area contributed by atoms with E-state index < -0.39 is 18.0 Å². The molecule has 2 atom stereocenters. The molecule has 2 aliphatic heterocycles. The predicted molar refractivity (Wildman–Crippen MR) is 125 cm³/mol. The molecule has 0 N–H and O–H groups in total. The largest absolute Gasteiger partial charge is 0.415 e. The fourth-order valence-electron chi connectivity index (χ4n) is 4.91. The number of hydrogen-bond donors (Lipinski definition) is 0. The number of benzene rings is 2. The third kappa shape index (κ3) is 5.61. The zero-order chi connectivity index (χ0) is 25.1. The van der Waals surface area contributed by atoms with Crippen molar-refractivity contribution in [3.05, 3.63) is 65.7 Å². The fraction of sp³-hybridized carbons (Fsp3) is 0.423. The average Bonchev–Trinajstić information content (AvgIpc) is 3.30. The normalized spacial score (nSPS) is 20.6. The number of amides is 3. The first-order chi connectivity index (χ1) is 16.7. The smallest absolute Gasteiger partial charge is 0.410 e. The van der Waals surface area contributed by atoms with Crippen LogP contribution in [0.15, 0.2) is 48.5 Å². The molecule has 0 spiro atoms. The van der Waals surface area contributed by atoms with Gasteiger partial charge < -0.3 is 19.4 Å². The molecule has 2 aliphatic rings. The maximum Gasteiger partial charge on any atom is 0.415 e. The van der Waals surface area contributed by atoms with Gasteiger partial charge in [-0.1, -0.05) is 12.1 Å². The molecule has 2 heterocycles. The maximum absolute atomic E-state index is 13.6. The van der Waals surface area contributed by atoms with E-state index in [9.17, 15) is 23.2 Å². The third-order valence-electron chi connectivity index (χ3n) is 6.99. The summed E-state index contributed by atoms with van der Waals surface area (Å²) in [6, 6.07) is 10.8. The summed E-state index contributed by atoms with van der Waals surface area (Å²) in [6.45, 7) is 3.32. The second-order valence-corrected chi connectivity index (χ2v) is 9.18. The summed E-state index contributed by atoms with van der Waals surface area (Å²) in [5.41, 5.74) is 0.819. The Labute approximate surface area is 203 Å². The third-order valence-corrected chi connectivity index (χ3v) is 6.99. The number of likely N-dealkylation sites (tertiary alicyclic amines) is 2. The second-order valence-electron chi connectivity index (χ2n) is 9.18. The highest BCUT2D eigenvalue weighted by atomic mass is 19.1. The van der Waals surface area contributed by atoms with E-state index in [-0.39, 0.29) is 35.2 Å². The van der Waals surface area contributed by atoms with Gasteiger partial charge in [0.15, 0.2) is 0 Å². The van der Waals surface area contributed by atoms with Crippen LogP contribution in [0.2, 0.25) is 0 Å². The fourth-order valence-corrected chi connectivity index (χ4v) is 4.91. The molecule has 0 bridgehead atoms. The van der Waals surface area contributed by atoms with Gasteiger partial charge in [-0.3, -0.25) is 9.59 Å². The van der Waals surface area contributed by atoms with Crippen LogP contribution >= 0.6 is 0 Å². The molecule has 4 rings (SSSR count). The predicted octanol–water partition coefficient (Wildman–Crippen LogP) is 3.65. The number of carbonyl (C=O) groups is 3. The first-order valence-electron chi connectivity index (χ1n) is 11.7. The second kappa shape index (κ2) is 10.4. The zero-order valence-corrected chi connectivity index (χ0v) is 19.8. The summed E-state index contributed by atoms with van der Waals surface area (Å²) in [5.74, 6) is -0.994. The van der Waals surface area contributed by atoms with Crippen molar-refractivity contribution in [1.29, 1.82) is 0 Å². The number of hydrogen-bond acceptors (Lipinski definition) is 4. The highest BCUT2D eigenvalue weighted by molar-refractivity contribution is 5.80. The van der Waals surface area contributed by atoms with Gasteiger partial charge in [0.2, 0.25) is 11.8 Å². The molecule has 2 aromatic carbocycles. The molecule has 2 aromatic rings. The lowest BCUT2D eigenvalue weighted by Gasteiger charge is -2.32. The standard InChI is InChI=1S/C26H29F2N3O4/c1-17(32)30-13-11-19(12-14-30)25(33)31-15-23(18-3-5-20(27)6-4-18)24(16-31)29(2)26(34)35-22-9-7-21(28)8-10-22/h3-10,19,23-24H,11-16H2,1-2H3/t23-,24+/m0/s1. The molecule has 3 amide bonds. The van der Waals surface area contributed by atoms with Crippen molar-refractivity contribution >= 4 is 17.9 Å². The van der Waals surface area contributed by atoms with Crippen molar-refractivity contribution in [2.75, 3.05) is 33.2 Å². The number of ether oxygens (including phenoxy) is 1. The van der Waals surface area contributed by atoms with Crippen molar-refractivity contribution < 1.29 is 27.9 Å². The van der Waals surface area contributed by atoms with Gasteiger partial charge in [0.1, 0.15) is 17.4 Å². The minimum Gasteiger partial charge on any atom is -0.410 e. The summed E-state index contributed by atoms with van der Waals surface area (Å²) >= 11 is 0. The summed E-state index contributed by atoms with van der Waals surface area (Å²) < 4.78 is 32.2. The quantitative estimate of drug-likeness (QED) is 0.663. The number of likely N-dealkylation sites (N-methyl/N-ethyl adjacent to an activating group) is 1. The lowest BCUT2D eigenvalue weighted by molar-refractivity contribution is -0.139. The summed E-state index contributed by atoms with van der Waals surface area (Å²) in [6.07, 6.45) is 0.574. The van der Waals surface area contributed by atoms with E-state index in [4.69, 9.17) is 4.74 Å². The Morgan fingerprint density at radius 1 is 0.886 bits per heavy atom. The molecule has 2 fully saturated rings. The van der Waals surface area contributed by atoms with Gasteiger partial charge >= 0.3 is 6.09 Å². The number of rotatable bonds is 4. The average molecular weight is 486 g/mol. The molecule has 186 valence electrons. The van der Waals surface area contributed by atoms with Crippen LogP contribution in [0.3, 0.4) is 0 Å². The lowest BCUT2D eigenvalue weighted by atomic mass is 9.93. The summed E-state index contributed by atoms with van der Waals surface area (Å²) in [5, 5.41) is 0. The number of piperidine rings is 1. The monoisotopic (exact) mass is 485 g/mol. The van der Waals surface area contributed by atoms with Gasteiger partial charge in [0.05, 0.1) is 6.04 Å². The van der Waals surface area contributed by atoms with Crippen molar-refractivity contribution in [3.63, 3.8) is 0 Å². The van der Waals surface area contributed by atoms with Crippen LogP contribution in [-0.2, 0) is 9.59 Å². The number of carbonyl (C=O) groups excluding carboxylic acids is 3. The summed E-state index contributed by atoms with van der Waals surface area (Å²) in [7, 11) is 1.60. The molecule has 2 saturated heterocycles. The highest BCUT2D eigenvalue weighted by Crippen LogP contribution is 2.33. The Kier molecular flexibility index (Phi) is 7.33. The molecule has 35 heavy (non-hydrogen) atoms. The van der Waals surface area contributed by atoms with E-state index in [0.717, 1.165) is 5.56 Å². The van der Waals surface area contributed by atoms with Gasteiger partial charge in [-0.25, -0.2) is 13.6 Å². The van der Waals surface area contributed by atoms with Crippen molar-refractivity contribution in [2.24, 2.45) is 5.92 Å². The minimum atomic E-state index is -0.627. The minimum absolute atomic E-state index is 0.00288. The van der Waals surface area contributed by atoms with E-state index in [1.54, 1.807) is 29.0 Å². The highest BCUT2D eigenvalue weighted by Gasteiger charge is 2.42. The zero-order valence-electron chi connectivity index (χ0n) is 19.8. The van der Waals surface area contributed by atoms with E-state index in [2.05, 4.69) is 0 Å². The molecule has 0 aromatic heterocycles. The van der Waals surface area contributed by atoms with Crippen LogP contribution in [0.25, 0.3) is 0 Å². The van der Waals surface area contributed by atoms with Crippen LogP contribution in [0.4, 0.5) is 13.6 Å². The first kappa shape index (κ1) is 24.6. The first-order valence-corrected chi connectivity index (χ1v) is 11.7. The van der Waals surface area contributed by atoms with Crippen LogP contribution in [0.5, 0.6) is 5.75 Å². The molecular formula is C26H29F2N3O4. The molecular weight excluding hydrogens is 456 g/mol. The Morgan fingerprint density at radius 2 is 1.46 bits per heavy atom. The Hall–Kier alpha value is -3.49. The van der Waals surface area contributed by atoms with E-state index in [0.29, 0.717) is 39.0 Å². The van der Waals surface area contributed by atoms with Gasteiger partial charge in [-0.15, -0.1) is 0 Å². The molecule has 0 radical (unpaired) electrons. The molecule has 0 aliphatic carbocycles. The van der Waals surface area contributed by atoms with Gasteiger partial charge in [0.25, 0.3) is 0 Å². The van der Waals surface area contributed by atoms with E-state index in [1.165, 1.54) is 48.2 Å². The lowest BCUT2D eigenvalue weighted by Crippen LogP contribution is -2.45. The number of nitrogens with zero attached hydrogens (tertiary/aromatic N) is 3. The topological polar surface area (TPSA) is 70.2 Å². The van der Waals surface area contributed by atoms with Crippen molar-refractivity contribution in [1.82, 2.24) is 14.7 Å². The van der Waals surface area contributed by atoms with Crippen LogP contribution in [0, 0.1) is 17.6 Å². The van der Waals surface area contributed by atoms with E-state index in [1.807, 2.05) is 0 Å².